The Kier molecular flexibility index (Phi) is 6.56. The molecule has 1 aliphatic heterocycles. The first-order valence-electron chi connectivity index (χ1n) is 8.57. The Morgan fingerprint density at radius 2 is 1.80 bits per heavy atom. The summed E-state index contributed by atoms with van der Waals surface area (Å²) in [5.41, 5.74) is 0.620. The number of hydrogen-bond donors (Lipinski definition) is 0. The Morgan fingerprint density at radius 3 is 2.40 bits per heavy atom. The zero-order valence-electron chi connectivity index (χ0n) is 15.0. The number of piperidine rings is 1. The van der Waals surface area contributed by atoms with Crippen LogP contribution in [0.2, 0.25) is 0 Å². The molecule has 2 rings (SSSR count). The summed E-state index contributed by atoms with van der Waals surface area (Å²) in [5.74, 6) is -0.456. The molecule has 0 saturated carbocycles. The number of nitrogens with zero attached hydrogens (tertiary/aromatic N) is 1. The number of methoxy groups -OCH3 is 1. The summed E-state index contributed by atoms with van der Waals surface area (Å²) in [6, 6.07) is 6.95. The van der Waals surface area contributed by atoms with E-state index in [1.54, 1.807) is 29.2 Å². The van der Waals surface area contributed by atoms with E-state index >= 15 is 0 Å². The second kappa shape index (κ2) is 8.65. The summed E-state index contributed by atoms with van der Waals surface area (Å²) in [6.45, 7) is 4.89. The van der Waals surface area contributed by atoms with Crippen LogP contribution in [0.1, 0.15) is 32.3 Å². The van der Waals surface area contributed by atoms with Crippen molar-refractivity contribution in [3.05, 3.63) is 29.8 Å². The lowest BCUT2D eigenvalue weighted by molar-refractivity contribution is -0.144. The highest BCUT2D eigenvalue weighted by Gasteiger charge is 2.29. The molecule has 6 nitrogen and oxygen atoms in total. The average molecular weight is 347 g/mol. The van der Waals surface area contributed by atoms with Gasteiger partial charge in [0.05, 0.1) is 19.4 Å². The molecule has 0 radical (unpaired) electrons. The predicted octanol–water partition coefficient (Wildman–Crippen LogP) is 2.20. The Balaban J connectivity index is 1.95. The molecule has 136 valence electrons. The number of rotatable bonds is 5. The van der Waals surface area contributed by atoms with Gasteiger partial charge in [0.15, 0.2) is 0 Å². The van der Waals surface area contributed by atoms with Crippen molar-refractivity contribution in [3.8, 4) is 5.75 Å². The molecule has 0 aliphatic carbocycles. The van der Waals surface area contributed by atoms with Crippen molar-refractivity contribution in [2.45, 2.75) is 33.1 Å². The zero-order chi connectivity index (χ0) is 18.4. The van der Waals surface area contributed by atoms with Crippen molar-refractivity contribution in [2.75, 3.05) is 20.2 Å². The molecule has 0 atom stereocenters. The van der Waals surface area contributed by atoms with Crippen LogP contribution in [0.5, 0.6) is 5.75 Å². The number of ether oxygens (including phenoxy) is 2. The van der Waals surface area contributed by atoms with Gasteiger partial charge in [0.1, 0.15) is 5.75 Å². The van der Waals surface area contributed by atoms with Gasteiger partial charge in [-0.1, -0.05) is 32.0 Å². The molecule has 25 heavy (non-hydrogen) atoms. The van der Waals surface area contributed by atoms with E-state index in [0.717, 1.165) is 0 Å². The Hall–Kier alpha value is -2.37. The van der Waals surface area contributed by atoms with Crippen LogP contribution in [0.15, 0.2) is 24.3 Å². The molecule has 1 aromatic rings. The first kappa shape index (κ1) is 19.0. The van der Waals surface area contributed by atoms with Crippen molar-refractivity contribution >= 4 is 17.8 Å². The molecule has 1 heterocycles. The fourth-order valence-electron chi connectivity index (χ4n) is 2.87. The van der Waals surface area contributed by atoms with Crippen LogP contribution in [0.4, 0.5) is 0 Å². The summed E-state index contributed by atoms with van der Waals surface area (Å²) < 4.78 is 10.2. The smallest absolute Gasteiger partial charge is 0.314 e. The quantitative estimate of drug-likeness (QED) is 0.603. The topological polar surface area (TPSA) is 72.9 Å². The van der Waals surface area contributed by atoms with E-state index in [4.69, 9.17) is 4.74 Å². The first-order valence-corrected chi connectivity index (χ1v) is 8.57. The highest BCUT2D eigenvalue weighted by molar-refractivity contribution is 5.80. The van der Waals surface area contributed by atoms with Crippen LogP contribution in [-0.4, -0.2) is 42.9 Å². The number of amides is 1. The summed E-state index contributed by atoms with van der Waals surface area (Å²) in [7, 11) is 1.32. The van der Waals surface area contributed by atoms with Crippen LogP contribution in [0.3, 0.4) is 0 Å². The lowest BCUT2D eigenvalue weighted by Crippen LogP contribution is -2.42. The molecule has 0 spiro atoms. The lowest BCUT2D eigenvalue weighted by atomic mass is 9.96. The van der Waals surface area contributed by atoms with Gasteiger partial charge >= 0.3 is 11.9 Å². The number of benzene rings is 1. The van der Waals surface area contributed by atoms with E-state index < -0.39 is 0 Å². The standard InChI is InChI=1S/C19H25NO5/c1-13(2)18(22)20-10-8-14(9-11-20)19(23)25-16-7-5-4-6-15(16)12-17(21)24-3/h4-7,13-14H,8-12H2,1-3H3. The monoisotopic (exact) mass is 347 g/mol. The normalized spacial score (nSPS) is 15.1. The fourth-order valence-corrected chi connectivity index (χ4v) is 2.87. The molecule has 0 unspecified atom stereocenters. The lowest BCUT2D eigenvalue weighted by Gasteiger charge is -2.32. The minimum atomic E-state index is -0.385. The second-order valence-electron chi connectivity index (χ2n) is 6.54. The number of hydrogen-bond acceptors (Lipinski definition) is 5. The molecular weight excluding hydrogens is 322 g/mol. The Labute approximate surface area is 148 Å². The van der Waals surface area contributed by atoms with E-state index in [2.05, 4.69) is 4.74 Å². The predicted molar refractivity (Wildman–Crippen MR) is 91.9 cm³/mol. The van der Waals surface area contributed by atoms with E-state index in [-0.39, 0.29) is 36.1 Å². The Morgan fingerprint density at radius 1 is 1.16 bits per heavy atom. The van der Waals surface area contributed by atoms with Gasteiger partial charge in [0, 0.05) is 24.6 Å². The SMILES string of the molecule is COC(=O)Cc1ccccc1OC(=O)C1CCN(C(=O)C(C)C)CC1. The second-order valence-corrected chi connectivity index (χ2v) is 6.54. The number of para-hydroxylation sites is 1. The number of carbonyl (C=O) groups is 3. The maximum Gasteiger partial charge on any atom is 0.314 e. The molecule has 1 saturated heterocycles. The van der Waals surface area contributed by atoms with Gasteiger partial charge in [-0.05, 0) is 18.9 Å². The summed E-state index contributed by atoms with van der Waals surface area (Å²) in [5, 5.41) is 0. The van der Waals surface area contributed by atoms with Crippen LogP contribution in [0.25, 0.3) is 0 Å². The third kappa shape index (κ3) is 5.05. The third-order valence-electron chi connectivity index (χ3n) is 4.38. The van der Waals surface area contributed by atoms with Gasteiger partial charge < -0.3 is 14.4 Å². The number of carbonyl (C=O) groups excluding carboxylic acids is 3. The number of likely N-dealkylation sites (tertiary alicyclic amines) is 1. The molecule has 1 aromatic carbocycles. The summed E-state index contributed by atoms with van der Waals surface area (Å²) in [6.07, 6.45) is 1.24. The maximum atomic E-state index is 12.4. The maximum absolute atomic E-state index is 12.4. The van der Waals surface area contributed by atoms with Crippen molar-refractivity contribution in [3.63, 3.8) is 0 Å². The van der Waals surface area contributed by atoms with Crippen molar-refractivity contribution in [2.24, 2.45) is 11.8 Å². The highest BCUT2D eigenvalue weighted by Crippen LogP contribution is 2.24. The van der Waals surface area contributed by atoms with Gasteiger partial charge in [-0.25, -0.2) is 0 Å². The summed E-state index contributed by atoms with van der Waals surface area (Å²) >= 11 is 0. The molecule has 0 N–H and O–H groups in total. The summed E-state index contributed by atoms with van der Waals surface area (Å²) in [4.78, 5) is 37.7. The number of esters is 2. The molecular formula is C19H25NO5. The third-order valence-corrected chi connectivity index (χ3v) is 4.38. The van der Waals surface area contributed by atoms with Crippen LogP contribution >= 0.6 is 0 Å². The van der Waals surface area contributed by atoms with Crippen molar-refractivity contribution in [1.82, 2.24) is 4.90 Å². The zero-order valence-corrected chi connectivity index (χ0v) is 15.0. The minimum absolute atomic E-state index is 0.0336. The van der Waals surface area contributed by atoms with Crippen molar-refractivity contribution < 1.29 is 23.9 Å². The van der Waals surface area contributed by atoms with Crippen LogP contribution in [-0.2, 0) is 25.5 Å². The molecule has 1 aliphatic rings. The Bertz CT molecular complexity index is 632. The van der Waals surface area contributed by atoms with E-state index in [0.29, 0.717) is 37.2 Å². The van der Waals surface area contributed by atoms with Gasteiger partial charge in [-0.3, -0.25) is 14.4 Å². The van der Waals surface area contributed by atoms with E-state index in [1.165, 1.54) is 7.11 Å². The molecule has 0 bridgehead atoms. The largest absolute Gasteiger partial charge is 0.469 e. The average Bonchev–Trinajstić information content (AvgIpc) is 2.62. The van der Waals surface area contributed by atoms with Gasteiger partial charge in [0.25, 0.3) is 0 Å². The molecule has 1 amide bonds. The molecule has 0 aromatic heterocycles. The van der Waals surface area contributed by atoms with Gasteiger partial charge in [-0.15, -0.1) is 0 Å². The fraction of sp³-hybridized carbons (Fsp3) is 0.526. The van der Waals surface area contributed by atoms with E-state index in [9.17, 15) is 14.4 Å². The van der Waals surface area contributed by atoms with Gasteiger partial charge in [-0.2, -0.15) is 0 Å². The highest BCUT2D eigenvalue weighted by atomic mass is 16.5. The first-order chi connectivity index (χ1) is 11.9. The minimum Gasteiger partial charge on any atom is -0.469 e. The van der Waals surface area contributed by atoms with Crippen LogP contribution in [0, 0.1) is 11.8 Å². The molecule has 6 heteroatoms. The van der Waals surface area contributed by atoms with E-state index in [1.807, 2.05) is 13.8 Å². The van der Waals surface area contributed by atoms with Crippen LogP contribution < -0.4 is 4.74 Å². The van der Waals surface area contributed by atoms with Crippen molar-refractivity contribution in [1.29, 1.82) is 0 Å². The molecule has 1 fully saturated rings. The van der Waals surface area contributed by atoms with Gasteiger partial charge in [0.2, 0.25) is 5.91 Å².